The van der Waals surface area contributed by atoms with E-state index in [1.54, 1.807) is 19.3 Å². The monoisotopic (exact) mass is 650 g/mol. The van der Waals surface area contributed by atoms with Crippen LogP contribution in [0.4, 0.5) is 0 Å². The summed E-state index contributed by atoms with van der Waals surface area (Å²) in [7, 11) is 0. The fraction of sp³-hybridized carbons (Fsp3) is 0.568. The van der Waals surface area contributed by atoms with Crippen molar-refractivity contribution >= 4 is 0 Å². The summed E-state index contributed by atoms with van der Waals surface area (Å²) in [6.07, 6.45) is 20.4. The Morgan fingerprint density at radius 2 is 1.32 bits per heavy atom. The Kier molecular flexibility index (Phi) is 10.0. The topological polar surface area (TPSA) is 0 Å². The van der Waals surface area contributed by atoms with Crippen LogP contribution in [0, 0.1) is 40.7 Å². The van der Waals surface area contributed by atoms with Gasteiger partial charge < -0.3 is 24.8 Å². The summed E-state index contributed by atoms with van der Waals surface area (Å²) in [5.74, 6) is 3.18. The minimum Gasteiger partial charge on any atom is -1.00 e. The molecule has 4 saturated carbocycles. The summed E-state index contributed by atoms with van der Waals surface area (Å²) >= 11 is 0. The standard InChI is InChI=1S/C21H25.C16H21.2ClH.Zr/c1-20(2,3)16-9-7-14-11-15-8-10-17(21(4,5)6)13-19(15)18(14)12-16;1-15(4-2-3-5-15)16-9-12-6-13(10-16)8-14(7-12)11-16;;;/h7,9-10,12-13H,11H2,1-6H3;2,4-5,12-14H,6-11H2,1H3;2*1H;/q2*-1;;;+4/p-2. The van der Waals surface area contributed by atoms with E-state index in [1.807, 2.05) is 0 Å². The summed E-state index contributed by atoms with van der Waals surface area (Å²) in [6.45, 7) is 16.1. The number of halogens is 2. The zero-order valence-electron chi connectivity index (χ0n) is 25.6. The van der Waals surface area contributed by atoms with E-state index in [4.69, 9.17) is 0 Å². The Morgan fingerprint density at radius 3 is 1.82 bits per heavy atom. The molecule has 8 rings (SSSR count). The van der Waals surface area contributed by atoms with Crippen LogP contribution in [0.2, 0.25) is 0 Å². The van der Waals surface area contributed by atoms with E-state index in [1.165, 1.54) is 52.6 Å². The van der Waals surface area contributed by atoms with Crippen LogP contribution in [0.15, 0.2) is 48.6 Å². The maximum atomic E-state index is 3.53. The Hall–Kier alpha value is -0.617. The Balaban J connectivity index is 0.000000210. The second kappa shape index (κ2) is 11.8. The van der Waals surface area contributed by atoms with Crippen molar-refractivity contribution in [2.75, 3.05) is 0 Å². The van der Waals surface area contributed by atoms with Crippen LogP contribution in [0.25, 0.3) is 11.1 Å². The first-order valence-corrected chi connectivity index (χ1v) is 14.8. The first kappa shape index (κ1) is 33.9. The quantitative estimate of drug-likeness (QED) is 0.351. The SMILES string of the molecule is CC(C)(C)c1c[c-]c2c(c1)-c1cc(C(C)(C)C)ccc1C2.CC1(C23CC4CC(CC(C4)C2)C3)C=[C-]C=C1.[Cl-].[Cl-].[Zr+4]. The number of allylic oxidation sites excluding steroid dienone is 4. The molecule has 0 aromatic heterocycles. The molecule has 0 spiro atoms. The van der Waals surface area contributed by atoms with Crippen LogP contribution in [0.5, 0.6) is 0 Å². The number of benzene rings is 2. The van der Waals surface area contributed by atoms with E-state index in [2.05, 4.69) is 109 Å². The van der Waals surface area contributed by atoms with Crippen molar-refractivity contribution in [3.8, 4) is 11.1 Å². The van der Waals surface area contributed by atoms with Crippen LogP contribution < -0.4 is 24.8 Å². The van der Waals surface area contributed by atoms with Gasteiger partial charge in [0.1, 0.15) is 0 Å². The predicted molar refractivity (Wildman–Crippen MR) is 157 cm³/mol. The van der Waals surface area contributed by atoms with Gasteiger partial charge in [0.15, 0.2) is 0 Å². The molecule has 40 heavy (non-hydrogen) atoms. The van der Waals surface area contributed by atoms with Crippen molar-refractivity contribution in [3.63, 3.8) is 0 Å². The predicted octanol–water partition coefficient (Wildman–Crippen LogP) is 3.80. The van der Waals surface area contributed by atoms with E-state index in [9.17, 15) is 0 Å². The average molecular weight is 653 g/mol. The van der Waals surface area contributed by atoms with Gasteiger partial charge in [0.2, 0.25) is 0 Å². The van der Waals surface area contributed by atoms with Gasteiger partial charge in [0.25, 0.3) is 0 Å². The zero-order chi connectivity index (χ0) is 26.2. The molecule has 0 amide bonds. The molecule has 2 aromatic carbocycles. The number of rotatable bonds is 1. The minimum absolute atomic E-state index is 0. The van der Waals surface area contributed by atoms with E-state index in [-0.39, 0.29) is 61.8 Å². The zero-order valence-corrected chi connectivity index (χ0v) is 29.5. The van der Waals surface area contributed by atoms with E-state index >= 15 is 0 Å². The smallest absolute Gasteiger partial charge is 1.00 e. The molecule has 2 aromatic rings. The molecule has 212 valence electrons. The number of hydrogen-bond acceptors (Lipinski definition) is 0. The van der Waals surface area contributed by atoms with Gasteiger partial charge in [-0.15, -0.1) is 5.56 Å². The first-order chi connectivity index (χ1) is 17.4. The normalized spacial score (nSPS) is 30.3. The van der Waals surface area contributed by atoms with Gasteiger partial charge in [-0.1, -0.05) is 88.6 Å². The first-order valence-electron chi connectivity index (χ1n) is 14.8. The molecule has 3 heteroatoms. The van der Waals surface area contributed by atoms with Crippen molar-refractivity contribution in [1.82, 2.24) is 0 Å². The number of hydrogen-bond donors (Lipinski definition) is 0. The molecular weight excluding hydrogens is 607 g/mol. The Labute approximate surface area is 276 Å². The van der Waals surface area contributed by atoms with Gasteiger partial charge in [-0.05, 0) is 79.1 Å². The van der Waals surface area contributed by atoms with Crippen LogP contribution >= 0.6 is 0 Å². The fourth-order valence-corrected chi connectivity index (χ4v) is 8.58. The maximum Gasteiger partial charge on any atom is 4.00 e. The third kappa shape index (κ3) is 6.06. The van der Waals surface area contributed by atoms with Crippen molar-refractivity contribution in [3.05, 3.63) is 83.0 Å². The third-order valence-electron chi connectivity index (χ3n) is 10.6. The second-order valence-electron chi connectivity index (χ2n) is 15.5. The van der Waals surface area contributed by atoms with E-state index in [0.717, 1.165) is 24.2 Å². The van der Waals surface area contributed by atoms with Crippen LogP contribution in [-0.4, -0.2) is 0 Å². The summed E-state index contributed by atoms with van der Waals surface area (Å²) < 4.78 is 0. The molecule has 4 fully saturated rings. The summed E-state index contributed by atoms with van der Waals surface area (Å²) in [6, 6.07) is 15.1. The van der Waals surface area contributed by atoms with Gasteiger partial charge in [-0.3, -0.25) is 6.08 Å². The average Bonchev–Trinajstić information content (AvgIpc) is 3.41. The van der Waals surface area contributed by atoms with Crippen molar-refractivity contribution < 1.29 is 51.0 Å². The second-order valence-corrected chi connectivity index (χ2v) is 15.5. The molecule has 0 saturated heterocycles. The van der Waals surface area contributed by atoms with E-state index < -0.39 is 0 Å². The molecule has 4 bridgehead atoms. The van der Waals surface area contributed by atoms with Gasteiger partial charge in [0, 0.05) is 0 Å². The van der Waals surface area contributed by atoms with Gasteiger partial charge in [0.05, 0.1) is 0 Å². The Bertz CT molecular complexity index is 1160. The van der Waals surface area contributed by atoms with Gasteiger partial charge in [-0.25, -0.2) is 12.2 Å². The Morgan fingerprint density at radius 1 is 0.775 bits per heavy atom. The third-order valence-corrected chi connectivity index (χ3v) is 10.6. The molecule has 0 nitrogen and oxygen atoms in total. The van der Waals surface area contributed by atoms with Crippen molar-refractivity contribution in [2.24, 2.45) is 28.6 Å². The van der Waals surface area contributed by atoms with Crippen LogP contribution in [-0.2, 0) is 43.5 Å². The summed E-state index contributed by atoms with van der Waals surface area (Å²) in [5.41, 5.74) is 9.71. The molecule has 6 aliphatic carbocycles. The minimum atomic E-state index is 0. The van der Waals surface area contributed by atoms with Crippen LogP contribution in [0.1, 0.15) is 109 Å². The fourth-order valence-electron chi connectivity index (χ4n) is 8.58. The molecule has 1 unspecified atom stereocenters. The molecule has 6 aliphatic rings. The van der Waals surface area contributed by atoms with E-state index in [0.29, 0.717) is 10.8 Å². The molecule has 0 radical (unpaired) electrons. The largest absolute Gasteiger partial charge is 4.00 e. The molecule has 1 atom stereocenters. The molecule has 0 heterocycles. The van der Waals surface area contributed by atoms with Crippen molar-refractivity contribution in [2.45, 2.75) is 104 Å². The molecular formula is C37H46Cl2Zr. The summed E-state index contributed by atoms with van der Waals surface area (Å²) in [4.78, 5) is 0. The molecule has 0 aliphatic heterocycles. The number of fused-ring (bicyclic) bond motifs is 3. The summed E-state index contributed by atoms with van der Waals surface area (Å²) in [5, 5.41) is 0. The van der Waals surface area contributed by atoms with Crippen LogP contribution in [0.3, 0.4) is 0 Å². The maximum absolute atomic E-state index is 3.53. The van der Waals surface area contributed by atoms with Crippen molar-refractivity contribution in [1.29, 1.82) is 0 Å². The molecule has 0 N–H and O–H groups in total. The van der Waals surface area contributed by atoms with Gasteiger partial charge in [-0.2, -0.15) is 35.4 Å². The van der Waals surface area contributed by atoms with Gasteiger partial charge >= 0.3 is 26.2 Å².